The SMILES string of the molecule is CC(C)(C)NCc1nnc(C2CCCCS2)s1. The Balaban J connectivity index is 1.91. The summed E-state index contributed by atoms with van der Waals surface area (Å²) >= 11 is 3.82. The van der Waals surface area contributed by atoms with Gasteiger partial charge in [0.25, 0.3) is 0 Å². The molecular formula is C12H21N3S2. The lowest BCUT2D eigenvalue weighted by atomic mass is 10.1. The number of thioether (sulfide) groups is 1. The van der Waals surface area contributed by atoms with Gasteiger partial charge in [0.05, 0.1) is 11.8 Å². The molecule has 0 bridgehead atoms. The first kappa shape index (κ1) is 13.3. The van der Waals surface area contributed by atoms with Crippen LogP contribution in [-0.4, -0.2) is 21.5 Å². The minimum atomic E-state index is 0.144. The van der Waals surface area contributed by atoms with E-state index in [1.807, 2.05) is 11.8 Å². The van der Waals surface area contributed by atoms with E-state index in [1.54, 1.807) is 11.3 Å². The van der Waals surface area contributed by atoms with Gasteiger partial charge in [0.1, 0.15) is 10.0 Å². The molecule has 2 rings (SSSR count). The first-order valence-corrected chi connectivity index (χ1v) is 8.10. The third-order valence-electron chi connectivity index (χ3n) is 2.71. The van der Waals surface area contributed by atoms with Gasteiger partial charge < -0.3 is 5.32 Å². The molecule has 1 fully saturated rings. The molecule has 1 aliphatic rings. The highest BCUT2D eigenvalue weighted by Crippen LogP contribution is 2.39. The predicted octanol–water partition coefficient (Wildman–Crippen LogP) is 3.38. The molecule has 17 heavy (non-hydrogen) atoms. The van der Waals surface area contributed by atoms with Crippen LogP contribution in [0.15, 0.2) is 0 Å². The minimum Gasteiger partial charge on any atom is -0.306 e. The zero-order valence-electron chi connectivity index (χ0n) is 10.8. The largest absolute Gasteiger partial charge is 0.306 e. The predicted molar refractivity (Wildman–Crippen MR) is 75.6 cm³/mol. The van der Waals surface area contributed by atoms with Crippen molar-refractivity contribution in [1.29, 1.82) is 0 Å². The Labute approximate surface area is 112 Å². The van der Waals surface area contributed by atoms with Gasteiger partial charge in [-0.25, -0.2) is 0 Å². The monoisotopic (exact) mass is 271 g/mol. The van der Waals surface area contributed by atoms with Gasteiger partial charge >= 0.3 is 0 Å². The minimum absolute atomic E-state index is 0.144. The van der Waals surface area contributed by atoms with E-state index in [2.05, 4.69) is 36.3 Å². The highest BCUT2D eigenvalue weighted by Gasteiger charge is 2.20. The van der Waals surface area contributed by atoms with E-state index in [-0.39, 0.29) is 5.54 Å². The van der Waals surface area contributed by atoms with Crippen molar-refractivity contribution in [3.05, 3.63) is 10.0 Å². The lowest BCUT2D eigenvalue weighted by Gasteiger charge is -2.19. The second-order valence-corrected chi connectivity index (χ2v) is 7.90. The lowest BCUT2D eigenvalue weighted by molar-refractivity contribution is 0.423. The van der Waals surface area contributed by atoms with Crippen LogP contribution in [0.5, 0.6) is 0 Å². The molecule has 5 heteroatoms. The third kappa shape index (κ3) is 4.23. The average molecular weight is 271 g/mol. The molecule has 0 saturated carbocycles. The maximum absolute atomic E-state index is 4.35. The van der Waals surface area contributed by atoms with Crippen molar-refractivity contribution in [2.75, 3.05) is 5.75 Å². The Morgan fingerprint density at radius 3 is 2.76 bits per heavy atom. The van der Waals surface area contributed by atoms with Gasteiger partial charge in [0, 0.05) is 5.54 Å². The second-order valence-electron chi connectivity index (χ2n) is 5.49. The van der Waals surface area contributed by atoms with E-state index >= 15 is 0 Å². The Kier molecular flexibility index (Phi) is 4.44. The van der Waals surface area contributed by atoms with Gasteiger partial charge in [-0.3, -0.25) is 0 Å². The summed E-state index contributed by atoms with van der Waals surface area (Å²) in [6.07, 6.45) is 3.97. The Morgan fingerprint density at radius 1 is 1.29 bits per heavy atom. The van der Waals surface area contributed by atoms with Gasteiger partial charge in [0.2, 0.25) is 0 Å². The normalized spacial score (nSPS) is 21.7. The van der Waals surface area contributed by atoms with Crippen molar-refractivity contribution in [2.24, 2.45) is 0 Å². The Bertz CT molecular complexity index is 351. The van der Waals surface area contributed by atoms with Gasteiger partial charge in [-0.2, -0.15) is 11.8 Å². The number of hydrogen-bond donors (Lipinski definition) is 1. The quantitative estimate of drug-likeness (QED) is 0.914. The van der Waals surface area contributed by atoms with E-state index < -0.39 is 0 Å². The molecule has 2 heterocycles. The van der Waals surface area contributed by atoms with Crippen molar-refractivity contribution in [1.82, 2.24) is 15.5 Å². The van der Waals surface area contributed by atoms with Crippen molar-refractivity contribution >= 4 is 23.1 Å². The van der Waals surface area contributed by atoms with E-state index in [9.17, 15) is 0 Å². The average Bonchev–Trinajstić information content (AvgIpc) is 2.75. The number of rotatable bonds is 3. The van der Waals surface area contributed by atoms with Crippen molar-refractivity contribution in [3.63, 3.8) is 0 Å². The summed E-state index contributed by atoms with van der Waals surface area (Å²) in [5.41, 5.74) is 0.144. The summed E-state index contributed by atoms with van der Waals surface area (Å²) in [6, 6.07) is 0. The maximum Gasteiger partial charge on any atom is 0.131 e. The summed E-state index contributed by atoms with van der Waals surface area (Å²) < 4.78 is 0. The second kappa shape index (κ2) is 5.67. The van der Waals surface area contributed by atoms with Crippen LogP contribution in [0.2, 0.25) is 0 Å². The highest BCUT2D eigenvalue weighted by molar-refractivity contribution is 7.99. The van der Waals surface area contributed by atoms with Crippen molar-refractivity contribution in [3.8, 4) is 0 Å². The molecule has 1 aromatic heterocycles. The molecule has 0 aliphatic carbocycles. The van der Waals surface area contributed by atoms with Gasteiger partial charge in [-0.1, -0.05) is 17.8 Å². The maximum atomic E-state index is 4.35. The fourth-order valence-electron chi connectivity index (χ4n) is 1.74. The summed E-state index contributed by atoms with van der Waals surface area (Å²) in [6.45, 7) is 7.35. The van der Waals surface area contributed by atoms with E-state index in [0.29, 0.717) is 5.25 Å². The molecule has 1 atom stereocenters. The zero-order chi connectivity index (χ0) is 12.3. The van der Waals surface area contributed by atoms with E-state index in [1.165, 1.54) is 30.0 Å². The first-order valence-electron chi connectivity index (χ1n) is 6.23. The molecule has 1 unspecified atom stereocenters. The molecule has 1 aliphatic heterocycles. The van der Waals surface area contributed by atoms with Crippen molar-refractivity contribution in [2.45, 2.75) is 57.4 Å². The van der Waals surface area contributed by atoms with Crippen LogP contribution in [-0.2, 0) is 6.54 Å². The molecular weight excluding hydrogens is 250 g/mol. The number of nitrogens with zero attached hydrogens (tertiary/aromatic N) is 2. The standard InChI is InChI=1S/C12H21N3S2/c1-12(2,3)13-8-10-14-15-11(17-10)9-6-4-5-7-16-9/h9,13H,4-8H2,1-3H3. The third-order valence-corrected chi connectivity index (χ3v) is 5.28. The zero-order valence-corrected chi connectivity index (χ0v) is 12.5. The fourth-order valence-corrected chi connectivity index (χ4v) is 4.07. The molecule has 1 N–H and O–H groups in total. The van der Waals surface area contributed by atoms with Gasteiger partial charge in [0.15, 0.2) is 0 Å². The van der Waals surface area contributed by atoms with Gasteiger partial charge in [-0.15, -0.1) is 10.2 Å². The topological polar surface area (TPSA) is 37.8 Å². The molecule has 96 valence electrons. The van der Waals surface area contributed by atoms with Crippen LogP contribution >= 0.6 is 23.1 Å². The van der Waals surface area contributed by atoms with Crippen LogP contribution < -0.4 is 5.32 Å². The Morgan fingerprint density at radius 2 is 2.12 bits per heavy atom. The summed E-state index contributed by atoms with van der Waals surface area (Å²) in [5.74, 6) is 1.28. The molecule has 3 nitrogen and oxygen atoms in total. The lowest BCUT2D eigenvalue weighted by Crippen LogP contribution is -2.35. The van der Waals surface area contributed by atoms with Crippen LogP contribution in [0.4, 0.5) is 0 Å². The fraction of sp³-hybridized carbons (Fsp3) is 0.833. The molecule has 0 radical (unpaired) electrons. The van der Waals surface area contributed by atoms with Crippen LogP contribution in [0.25, 0.3) is 0 Å². The molecule has 0 spiro atoms. The van der Waals surface area contributed by atoms with E-state index in [4.69, 9.17) is 0 Å². The van der Waals surface area contributed by atoms with Crippen LogP contribution in [0, 0.1) is 0 Å². The smallest absolute Gasteiger partial charge is 0.131 e. The molecule has 1 saturated heterocycles. The summed E-state index contributed by atoms with van der Waals surface area (Å²) in [7, 11) is 0. The van der Waals surface area contributed by atoms with Crippen LogP contribution in [0.3, 0.4) is 0 Å². The van der Waals surface area contributed by atoms with E-state index in [0.717, 1.165) is 11.6 Å². The highest BCUT2D eigenvalue weighted by atomic mass is 32.2. The van der Waals surface area contributed by atoms with Crippen molar-refractivity contribution < 1.29 is 0 Å². The van der Waals surface area contributed by atoms with Crippen LogP contribution in [0.1, 0.15) is 55.3 Å². The number of nitrogens with one attached hydrogen (secondary N) is 1. The Hall–Kier alpha value is -0.130. The molecule has 0 aromatic carbocycles. The number of aromatic nitrogens is 2. The molecule has 1 aromatic rings. The van der Waals surface area contributed by atoms with Gasteiger partial charge in [-0.05, 0) is 39.4 Å². The summed E-state index contributed by atoms with van der Waals surface area (Å²) in [4.78, 5) is 0. The molecule has 0 amide bonds. The number of hydrogen-bond acceptors (Lipinski definition) is 5. The summed E-state index contributed by atoms with van der Waals surface area (Å²) in [5, 5.41) is 15.0. The first-order chi connectivity index (χ1) is 8.04.